The van der Waals surface area contributed by atoms with Crippen molar-refractivity contribution in [3.05, 3.63) is 34.3 Å². The summed E-state index contributed by atoms with van der Waals surface area (Å²) >= 11 is 2.82. The molecule has 0 heterocycles. The van der Waals surface area contributed by atoms with E-state index in [9.17, 15) is 35.1 Å². The van der Waals surface area contributed by atoms with Gasteiger partial charge in [-0.25, -0.2) is 8.78 Å². The lowest BCUT2D eigenvalue weighted by Gasteiger charge is -2.32. The first-order valence-electron chi connectivity index (χ1n) is 4.62. The number of alkyl halides is 8. The van der Waals surface area contributed by atoms with E-state index in [0.29, 0.717) is 12.1 Å². The van der Waals surface area contributed by atoms with Gasteiger partial charge in [0.15, 0.2) is 0 Å². The van der Waals surface area contributed by atoms with E-state index in [4.69, 9.17) is 0 Å². The van der Waals surface area contributed by atoms with Gasteiger partial charge in [0.05, 0.1) is 0 Å². The van der Waals surface area contributed by atoms with Crippen molar-refractivity contribution in [2.75, 3.05) is 0 Å². The molecule has 0 saturated heterocycles. The molecular weight excluding hydrogens is 352 g/mol. The van der Waals surface area contributed by atoms with Gasteiger partial charge in [-0.1, -0.05) is 28.1 Å². The largest absolute Gasteiger partial charge is 0.382 e. The van der Waals surface area contributed by atoms with Crippen LogP contribution in [0.1, 0.15) is 5.56 Å². The normalized spacial score (nSPS) is 14.0. The number of rotatable bonds is 4. The molecule has 0 bridgehead atoms. The Bertz CT molecular complexity index is 439. The Morgan fingerprint density at radius 2 is 1.26 bits per heavy atom. The molecule has 0 N–H and O–H groups in total. The van der Waals surface area contributed by atoms with Gasteiger partial charge in [-0.15, -0.1) is 0 Å². The Labute approximate surface area is 110 Å². The van der Waals surface area contributed by atoms with Crippen molar-refractivity contribution in [3.8, 4) is 0 Å². The maximum absolute atomic E-state index is 13.3. The number of hydrogen-bond donors (Lipinski definition) is 0. The fourth-order valence-corrected chi connectivity index (χ4v) is 1.45. The molecule has 1 aromatic carbocycles. The minimum atomic E-state index is -6.22. The molecule has 108 valence electrons. The molecule has 0 fully saturated rings. The lowest BCUT2D eigenvalue weighted by molar-refractivity contribution is -0.343. The first-order valence-corrected chi connectivity index (χ1v) is 5.41. The summed E-state index contributed by atoms with van der Waals surface area (Å²) in [5, 5.41) is 0. The Morgan fingerprint density at radius 1 is 0.842 bits per heavy atom. The number of benzene rings is 1. The summed E-state index contributed by atoms with van der Waals surface area (Å²) in [7, 11) is 0. The van der Waals surface area contributed by atoms with E-state index in [0.717, 1.165) is 12.1 Å². The summed E-state index contributed by atoms with van der Waals surface area (Å²) in [6, 6.07) is 2.69. The molecule has 0 radical (unpaired) electrons. The van der Waals surface area contributed by atoms with Gasteiger partial charge < -0.3 is 0 Å². The van der Waals surface area contributed by atoms with E-state index >= 15 is 0 Å². The Kier molecular flexibility index (Phi) is 4.19. The van der Waals surface area contributed by atoms with Crippen molar-refractivity contribution >= 4 is 15.9 Å². The van der Waals surface area contributed by atoms with E-state index in [1.807, 2.05) is 0 Å². The predicted octanol–water partition coefficient (Wildman–Crippen LogP) is 5.08. The van der Waals surface area contributed by atoms with Crippen LogP contribution in [0.2, 0.25) is 0 Å². The van der Waals surface area contributed by atoms with Crippen LogP contribution in [0.25, 0.3) is 0 Å². The maximum Gasteiger partial charge on any atom is 0.382 e. The summed E-state index contributed by atoms with van der Waals surface area (Å²) < 4.78 is 102. The summed E-state index contributed by atoms with van der Waals surface area (Å²) in [5.74, 6) is -17.8. The topological polar surface area (TPSA) is 0 Å². The SMILES string of the molecule is FC(F)C(F)(F)C(F)(F)C(F)(F)c1ccc(Br)cc1. The second-order valence-electron chi connectivity index (χ2n) is 3.58. The third-order valence-electron chi connectivity index (χ3n) is 2.29. The zero-order chi connectivity index (χ0) is 15.1. The zero-order valence-corrected chi connectivity index (χ0v) is 10.4. The highest BCUT2D eigenvalue weighted by Crippen LogP contribution is 2.53. The third-order valence-corrected chi connectivity index (χ3v) is 2.82. The zero-order valence-electron chi connectivity index (χ0n) is 8.79. The maximum atomic E-state index is 13.3. The molecule has 19 heavy (non-hydrogen) atoms. The van der Waals surface area contributed by atoms with E-state index in [1.165, 1.54) is 0 Å². The van der Waals surface area contributed by atoms with Crippen LogP contribution in [0.15, 0.2) is 28.7 Å². The highest BCUT2D eigenvalue weighted by molar-refractivity contribution is 9.10. The molecule has 0 aliphatic heterocycles. The Morgan fingerprint density at radius 3 is 1.63 bits per heavy atom. The van der Waals surface area contributed by atoms with Crippen molar-refractivity contribution in [3.63, 3.8) is 0 Å². The van der Waals surface area contributed by atoms with Gasteiger partial charge in [0.25, 0.3) is 0 Å². The van der Waals surface area contributed by atoms with Crippen LogP contribution in [0.4, 0.5) is 35.1 Å². The standard InChI is InChI=1S/C10H5BrF8/c11-6-3-1-5(2-4-6)8(14,15)10(18,19)9(16,17)7(12)13/h1-4,7H. The molecule has 0 saturated carbocycles. The van der Waals surface area contributed by atoms with Crippen LogP contribution in [-0.4, -0.2) is 18.3 Å². The van der Waals surface area contributed by atoms with Gasteiger partial charge in [0.2, 0.25) is 0 Å². The molecule has 0 aliphatic carbocycles. The van der Waals surface area contributed by atoms with Gasteiger partial charge in [0.1, 0.15) is 0 Å². The number of halogens is 9. The molecular formula is C10H5BrF8. The molecule has 0 aromatic heterocycles. The minimum absolute atomic E-state index is 0.232. The highest BCUT2D eigenvalue weighted by Gasteiger charge is 2.75. The van der Waals surface area contributed by atoms with Crippen molar-refractivity contribution < 1.29 is 35.1 Å². The molecule has 0 spiro atoms. The van der Waals surface area contributed by atoms with Gasteiger partial charge in [-0.2, -0.15) is 26.3 Å². The van der Waals surface area contributed by atoms with Crippen molar-refractivity contribution in [2.24, 2.45) is 0 Å². The van der Waals surface area contributed by atoms with Crippen LogP contribution in [0.5, 0.6) is 0 Å². The van der Waals surface area contributed by atoms with Gasteiger partial charge in [0, 0.05) is 10.0 Å². The lowest BCUT2D eigenvalue weighted by atomic mass is 9.97. The summed E-state index contributed by atoms with van der Waals surface area (Å²) in [5.41, 5.74) is -1.49. The minimum Gasteiger partial charge on any atom is -0.203 e. The molecule has 1 aromatic rings. The van der Waals surface area contributed by atoms with Crippen molar-refractivity contribution in [1.29, 1.82) is 0 Å². The molecule has 9 heteroatoms. The molecule has 0 nitrogen and oxygen atoms in total. The van der Waals surface area contributed by atoms with Crippen LogP contribution >= 0.6 is 15.9 Å². The fraction of sp³-hybridized carbons (Fsp3) is 0.400. The van der Waals surface area contributed by atoms with Crippen LogP contribution in [0, 0.1) is 0 Å². The fourth-order valence-electron chi connectivity index (χ4n) is 1.19. The van der Waals surface area contributed by atoms with E-state index in [-0.39, 0.29) is 4.47 Å². The lowest BCUT2D eigenvalue weighted by Crippen LogP contribution is -2.56. The second kappa shape index (κ2) is 4.92. The first kappa shape index (κ1) is 16.2. The summed E-state index contributed by atoms with van der Waals surface area (Å²) in [6.45, 7) is 0. The highest BCUT2D eigenvalue weighted by atomic mass is 79.9. The first-order chi connectivity index (χ1) is 8.44. The molecule has 0 unspecified atom stereocenters. The Balaban J connectivity index is 3.28. The Hall–Kier alpha value is -0.860. The molecule has 0 atom stereocenters. The summed E-state index contributed by atoms with van der Waals surface area (Å²) in [4.78, 5) is 0. The predicted molar refractivity (Wildman–Crippen MR) is 53.9 cm³/mol. The average Bonchev–Trinajstić information content (AvgIpc) is 2.28. The van der Waals surface area contributed by atoms with Gasteiger partial charge in [-0.3, -0.25) is 0 Å². The van der Waals surface area contributed by atoms with Crippen molar-refractivity contribution in [2.45, 2.75) is 24.2 Å². The van der Waals surface area contributed by atoms with Crippen LogP contribution in [0.3, 0.4) is 0 Å². The number of hydrogen-bond acceptors (Lipinski definition) is 0. The van der Waals surface area contributed by atoms with Crippen molar-refractivity contribution in [1.82, 2.24) is 0 Å². The molecule has 1 rings (SSSR count). The molecule has 0 aliphatic rings. The second-order valence-corrected chi connectivity index (χ2v) is 4.50. The average molecular weight is 357 g/mol. The van der Waals surface area contributed by atoms with E-state index < -0.39 is 29.8 Å². The van der Waals surface area contributed by atoms with E-state index in [2.05, 4.69) is 15.9 Å². The monoisotopic (exact) mass is 356 g/mol. The van der Waals surface area contributed by atoms with E-state index in [1.54, 1.807) is 0 Å². The van der Waals surface area contributed by atoms with Gasteiger partial charge >= 0.3 is 24.2 Å². The third kappa shape index (κ3) is 2.56. The molecule has 0 amide bonds. The smallest absolute Gasteiger partial charge is 0.203 e. The van der Waals surface area contributed by atoms with Crippen LogP contribution in [-0.2, 0) is 5.92 Å². The summed E-state index contributed by atoms with van der Waals surface area (Å²) in [6.07, 6.45) is -4.91. The quantitative estimate of drug-likeness (QED) is 0.660. The van der Waals surface area contributed by atoms with Gasteiger partial charge in [-0.05, 0) is 12.1 Å². The van der Waals surface area contributed by atoms with Crippen LogP contribution < -0.4 is 0 Å².